The van der Waals surface area contributed by atoms with E-state index in [1.165, 1.54) is 12.1 Å². The van der Waals surface area contributed by atoms with E-state index in [9.17, 15) is 14.0 Å². The summed E-state index contributed by atoms with van der Waals surface area (Å²) in [5, 5.41) is 10.8. The fourth-order valence-corrected chi connectivity index (χ4v) is 4.97. The molecule has 0 saturated carbocycles. The molecular weight excluding hydrogens is 457 g/mol. The molecule has 7 nitrogen and oxygen atoms in total. The molecule has 0 spiro atoms. The number of primary amides is 1. The molecule has 2 aliphatic rings. The Morgan fingerprint density at radius 3 is 2.69 bits per heavy atom. The molecule has 2 atom stereocenters. The van der Waals surface area contributed by atoms with Crippen molar-refractivity contribution in [3.63, 3.8) is 0 Å². The number of Topliss-reactive ketones (excluding diaryl/α,β-unsaturated/α-hetero) is 1. The number of hydrogen-bond donors (Lipinski definition) is 3. The highest BCUT2D eigenvalue weighted by Crippen LogP contribution is 2.46. The number of anilines is 1. The number of carbonyl (C=O) groups excluding carboxylic acids is 2. The van der Waals surface area contributed by atoms with Gasteiger partial charge in [-0.05, 0) is 56.0 Å². The summed E-state index contributed by atoms with van der Waals surface area (Å²) in [7, 11) is 0. The molecule has 8 heteroatoms. The number of fused-ring (bicyclic) bond motifs is 1. The fourth-order valence-electron chi connectivity index (χ4n) is 4.97. The number of pyridine rings is 1. The topological polar surface area (TPSA) is 114 Å². The second-order valence-corrected chi connectivity index (χ2v) is 10.1. The summed E-state index contributed by atoms with van der Waals surface area (Å²) in [5.74, 6) is -0.232. The number of amides is 1. The lowest BCUT2D eigenvalue weighted by molar-refractivity contribution is -0.122. The summed E-state index contributed by atoms with van der Waals surface area (Å²) in [6, 6.07) is 10.1. The van der Waals surface area contributed by atoms with Crippen LogP contribution in [0.15, 0.2) is 59.9 Å². The molecule has 0 fully saturated rings. The highest BCUT2D eigenvalue weighted by molar-refractivity contribution is 6.01. The SMILES string of the molecule is CC1CC(=O)C2=C(C1)Nc1[nH]nc(C(C)(C)C(N)=O)c1C2/C=C/c1ccc(-c2cccc(F)c2)cn1. The summed E-state index contributed by atoms with van der Waals surface area (Å²) in [4.78, 5) is 30.0. The Morgan fingerprint density at radius 2 is 2.00 bits per heavy atom. The Hall–Kier alpha value is -4.07. The third-order valence-corrected chi connectivity index (χ3v) is 7.03. The van der Waals surface area contributed by atoms with Gasteiger partial charge in [0.2, 0.25) is 5.91 Å². The molecule has 1 aliphatic carbocycles. The number of nitrogens with one attached hydrogen (secondary N) is 2. The van der Waals surface area contributed by atoms with Crippen LogP contribution in [-0.4, -0.2) is 26.9 Å². The first kappa shape index (κ1) is 23.7. The molecule has 1 aliphatic heterocycles. The van der Waals surface area contributed by atoms with Gasteiger partial charge in [0.1, 0.15) is 11.6 Å². The number of ketones is 1. The Balaban J connectivity index is 1.55. The van der Waals surface area contributed by atoms with Gasteiger partial charge in [-0.2, -0.15) is 5.10 Å². The predicted molar refractivity (Wildman–Crippen MR) is 136 cm³/mol. The largest absolute Gasteiger partial charge is 0.369 e. The van der Waals surface area contributed by atoms with Crippen molar-refractivity contribution in [1.82, 2.24) is 15.2 Å². The number of nitrogens with two attached hydrogens (primary N) is 1. The van der Waals surface area contributed by atoms with Crippen molar-refractivity contribution >= 4 is 23.6 Å². The van der Waals surface area contributed by atoms with Gasteiger partial charge in [0.05, 0.1) is 16.8 Å². The average Bonchev–Trinajstić information content (AvgIpc) is 3.26. The molecule has 2 aromatic heterocycles. The van der Waals surface area contributed by atoms with Gasteiger partial charge in [0, 0.05) is 40.9 Å². The van der Waals surface area contributed by atoms with Crippen LogP contribution >= 0.6 is 0 Å². The fraction of sp³-hybridized carbons (Fsp3) is 0.286. The first-order valence-corrected chi connectivity index (χ1v) is 12.0. The number of aromatic amines is 1. The maximum atomic E-state index is 13.6. The molecule has 184 valence electrons. The van der Waals surface area contributed by atoms with Crippen LogP contribution in [0.3, 0.4) is 0 Å². The third kappa shape index (κ3) is 4.12. The second kappa shape index (κ2) is 8.86. The third-order valence-electron chi connectivity index (χ3n) is 7.03. The zero-order valence-electron chi connectivity index (χ0n) is 20.4. The lowest BCUT2D eigenvalue weighted by atomic mass is 9.73. The van der Waals surface area contributed by atoms with Gasteiger partial charge in [-0.25, -0.2) is 4.39 Å². The minimum atomic E-state index is -1.04. The van der Waals surface area contributed by atoms with Crippen molar-refractivity contribution in [3.8, 4) is 11.1 Å². The minimum Gasteiger partial charge on any atom is -0.369 e. The van der Waals surface area contributed by atoms with Gasteiger partial charge in [0.25, 0.3) is 0 Å². The number of hydrogen-bond acceptors (Lipinski definition) is 5. The van der Waals surface area contributed by atoms with E-state index < -0.39 is 17.2 Å². The smallest absolute Gasteiger partial charge is 0.229 e. The minimum absolute atomic E-state index is 0.0787. The van der Waals surface area contributed by atoms with Crippen LogP contribution < -0.4 is 11.1 Å². The molecule has 0 saturated heterocycles. The Bertz CT molecular complexity index is 1420. The monoisotopic (exact) mass is 485 g/mol. The summed E-state index contributed by atoms with van der Waals surface area (Å²) in [6.07, 6.45) is 6.70. The molecule has 0 radical (unpaired) electrons. The molecule has 3 aromatic rings. The van der Waals surface area contributed by atoms with Crippen molar-refractivity contribution in [2.45, 2.75) is 44.9 Å². The van der Waals surface area contributed by atoms with Gasteiger partial charge in [-0.3, -0.25) is 19.7 Å². The zero-order valence-corrected chi connectivity index (χ0v) is 20.4. The van der Waals surface area contributed by atoms with E-state index in [1.54, 1.807) is 26.1 Å². The molecule has 0 bridgehead atoms. The number of allylic oxidation sites excluding steroid dienone is 3. The van der Waals surface area contributed by atoms with Crippen molar-refractivity contribution in [3.05, 3.63) is 82.7 Å². The molecule has 1 aromatic carbocycles. The molecular formula is C28H28FN5O2. The van der Waals surface area contributed by atoms with Gasteiger partial charge in [-0.1, -0.05) is 31.2 Å². The lowest BCUT2D eigenvalue weighted by Crippen LogP contribution is -2.37. The van der Waals surface area contributed by atoms with E-state index >= 15 is 0 Å². The van der Waals surface area contributed by atoms with Gasteiger partial charge < -0.3 is 11.1 Å². The van der Waals surface area contributed by atoms with Crippen LogP contribution in [0, 0.1) is 11.7 Å². The molecule has 36 heavy (non-hydrogen) atoms. The molecule has 2 unspecified atom stereocenters. The standard InChI is InChI=1S/C28H28FN5O2/c1-15-11-21-23(22(35)12-15)20(24-25(28(2,3)27(30)36)33-34-26(24)32-21)10-9-19-8-7-17(14-31-19)16-5-4-6-18(29)13-16/h4-10,13-15,20H,11-12H2,1-3H3,(H2,30,36)(H2,32,33,34)/b10-9+. The maximum absolute atomic E-state index is 13.6. The Labute approximate surface area is 208 Å². The number of aromatic nitrogens is 3. The normalized spacial score (nSPS) is 19.7. The molecule has 4 N–H and O–H groups in total. The Kier molecular flexibility index (Phi) is 5.82. The van der Waals surface area contributed by atoms with Crippen LogP contribution in [0.5, 0.6) is 0 Å². The van der Waals surface area contributed by atoms with Gasteiger partial charge in [-0.15, -0.1) is 0 Å². The van der Waals surface area contributed by atoms with E-state index in [-0.39, 0.29) is 17.5 Å². The maximum Gasteiger partial charge on any atom is 0.229 e. The van der Waals surface area contributed by atoms with Gasteiger partial charge >= 0.3 is 0 Å². The van der Waals surface area contributed by atoms with E-state index in [0.717, 1.165) is 28.8 Å². The highest BCUT2D eigenvalue weighted by atomic mass is 19.1. The number of benzene rings is 1. The molecule has 5 rings (SSSR count). The number of carbonyl (C=O) groups is 2. The van der Waals surface area contributed by atoms with Crippen LogP contribution in [-0.2, 0) is 15.0 Å². The number of nitrogens with zero attached hydrogens (tertiary/aromatic N) is 2. The van der Waals surface area contributed by atoms with Gasteiger partial charge in [0.15, 0.2) is 5.78 Å². The average molecular weight is 486 g/mol. The van der Waals surface area contributed by atoms with E-state index in [2.05, 4.69) is 27.4 Å². The molecule has 1 amide bonds. The number of rotatable bonds is 5. The first-order chi connectivity index (χ1) is 17.1. The van der Waals surface area contributed by atoms with Crippen LogP contribution in [0.25, 0.3) is 17.2 Å². The first-order valence-electron chi connectivity index (χ1n) is 12.0. The summed E-state index contributed by atoms with van der Waals surface area (Å²) < 4.78 is 13.6. The summed E-state index contributed by atoms with van der Waals surface area (Å²) >= 11 is 0. The number of H-pyrrole nitrogens is 1. The highest BCUT2D eigenvalue weighted by Gasteiger charge is 2.42. The number of halogens is 1. The van der Waals surface area contributed by atoms with Crippen molar-refractivity contribution in [1.29, 1.82) is 0 Å². The molecule has 3 heterocycles. The van der Waals surface area contributed by atoms with E-state index in [0.29, 0.717) is 29.2 Å². The van der Waals surface area contributed by atoms with Crippen LogP contribution in [0.1, 0.15) is 56.5 Å². The lowest BCUT2D eigenvalue weighted by Gasteiger charge is -2.34. The van der Waals surface area contributed by atoms with Crippen LogP contribution in [0.2, 0.25) is 0 Å². The second-order valence-electron chi connectivity index (χ2n) is 10.1. The zero-order chi connectivity index (χ0) is 25.6. The van der Waals surface area contributed by atoms with Crippen molar-refractivity contribution < 1.29 is 14.0 Å². The summed E-state index contributed by atoms with van der Waals surface area (Å²) in [5.41, 5.74) is 9.74. The van der Waals surface area contributed by atoms with Crippen molar-refractivity contribution in [2.24, 2.45) is 11.7 Å². The van der Waals surface area contributed by atoms with E-state index in [1.807, 2.05) is 30.4 Å². The van der Waals surface area contributed by atoms with Crippen LogP contribution in [0.4, 0.5) is 10.2 Å². The summed E-state index contributed by atoms with van der Waals surface area (Å²) in [6.45, 7) is 5.52. The van der Waals surface area contributed by atoms with Crippen molar-refractivity contribution in [2.75, 3.05) is 5.32 Å². The predicted octanol–water partition coefficient (Wildman–Crippen LogP) is 4.85. The van der Waals surface area contributed by atoms with E-state index in [4.69, 9.17) is 5.73 Å². The quantitative estimate of drug-likeness (QED) is 0.478. The Morgan fingerprint density at radius 1 is 1.19 bits per heavy atom.